The number of hydrogen-bond acceptors (Lipinski definition) is 4. The van der Waals surface area contributed by atoms with Gasteiger partial charge in [-0.3, -0.25) is 14.8 Å². The number of aryl methyl sites for hydroxylation is 1. The summed E-state index contributed by atoms with van der Waals surface area (Å²) in [5.74, 6) is -1.23. The highest BCUT2D eigenvalue weighted by atomic mass is 79.9. The second-order valence-corrected chi connectivity index (χ2v) is 7.24. The van der Waals surface area contributed by atoms with Crippen LogP contribution in [-0.4, -0.2) is 15.8 Å². The number of benzene rings is 2. The summed E-state index contributed by atoms with van der Waals surface area (Å²) in [6.07, 6.45) is 0. The molecule has 0 aliphatic heterocycles. The van der Waals surface area contributed by atoms with Crippen molar-refractivity contribution in [2.24, 2.45) is 0 Å². The number of hydrogen-bond donors (Lipinski definition) is 0. The highest BCUT2D eigenvalue weighted by Gasteiger charge is 2.25. The number of ketones is 1. The third-order valence-electron chi connectivity index (χ3n) is 4.47. The van der Waals surface area contributed by atoms with Crippen LogP contribution in [0.2, 0.25) is 0 Å². The smallest absolute Gasteiger partial charge is 0.186 e. The first-order chi connectivity index (χ1) is 13.1. The molecule has 0 amide bonds. The number of pyridine rings is 2. The SMILES string of the molecule is Cc1cc(C(=O)[C@@H](C#N)c2ccc3ccccc3n2)c2ccc(Br)cc2n1. The molecule has 0 unspecified atom stereocenters. The zero-order valence-electron chi connectivity index (χ0n) is 14.5. The van der Waals surface area contributed by atoms with E-state index in [1.54, 1.807) is 12.1 Å². The molecule has 27 heavy (non-hydrogen) atoms. The molecule has 0 N–H and O–H groups in total. The van der Waals surface area contributed by atoms with E-state index in [-0.39, 0.29) is 5.78 Å². The molecule has 4 nitrogen and oxygen atoms in total. The van der Waals surface area contributed by atoms with E-state index < -0.39 is 5.92 Å². The molecule has 130 valence electrons. The number of para-hydroxylation sites is 1. The summed E-state index contributed by atoms with van der Waals surface area (Å²) in [7, 11) is 0. The average Bonchev–Trinajstić information content (AvgIpc) is 2.67. The van der Waals surface area contributed by atoms with Crippen molar-refractivity contribution >= 4 is 43.5 Å². The van der Waals surface area contributed by atoms with Gasteiger partial charge in [0, 0.05) is 26.5 Å². The van der Waals surface area contributed by atoms with Gasteiger partial charge in [0.1, 0.15) is 0 Å². The number of nitriles is 1. The largest absolute Gasteiger partial charge is 0.292 e. The van der Waals surface area contributed by atoms with Gasteiger partial charge in [0.2, 0.25) is 0 Å². The van der Waals surface area contributed by atoms with E-state index in [2.05, 4.69) is 32.0 Å². The second-order valence-electron chi connectivity index (χ2n) is 6.33. The number of rotatable bonds is 3. The monoisotopic (exact) mass is 415 g/mol. The molecule has 1 atom stereocenters. The third kappa shape index (κ3) is 3.20. The lowest BCUT2D eigenvalue weighted by molar-refractivity contribution is 0.0979. The van der Waals surface area contributed by atoms with Crippen molar-refractivity contribution in [2.75, 3.05) is 0 Å². The fourth-order valence-corrected chi connectivity index (χ4v) is 3.54. The molecular formula is C22H14BrN3O. The zero-order valence-corrected chi connectivity index (χ0v) is 16.1. The molecule has 2 aromatic carbocycles. The van der Waals surface area contributed by atoms with Crippen LogP contribution in [0.4, 0.5) is 0 Å². The highest BCUT2D eigenvalue weighted by molar-refractivity contribution is 9.10. The Morgan fingerprint density at radius 2 is 1.85 bits per heavy atom. The van der Waals surface area contributed by atoms with Gasteiger partial charge >= 0.3 is 0 Å². The maximum absolute atomic E-state index is 13.3. The Morgan fingerprint density at radius 3 is 2.67 bits per heavy atom. The summed E-state index contributed by atoms with van der Waals surface area (Å²) >= 11 is 3.43. The van der Waals surface area contributed by atoms with E-state index in [4.69, 9.17) is 0 Å². The van der Waals surface area contributed by atoms with Crippen LogP contribution >= 0.6 is 15.9 Å². The van der Waals surface area contributed by atoms with E-state index in [9.17, 15) is 10.1 Å². The molecule has 0 fully saturated rings. The van der Waals surface area contributed by atoms with Crippen LogP contribution in [0.3, 0.4) is 0 Å². The Bertz CT molecular complexity index is 1240. The summed E-state index contributed by atoms with van der Waals surface area (Å²) in [6.45, 7) is 1.84. The molecule has 0 aliphatic carbocycles. The van der Waals surface area contributed by atoms with Crippen LogP contribution in [-0.2, 0) is 0 Å². The van der Waals surface area contributed by atoms with Gasteiger partial charge in [-0.05, 0) is 37.3 Å². The fourth-order valence-electron chi connectivity index (χ4n) is 3.19. The van der Waals surface area contributed by atoms with Gasteiger partial charge in [-0.25, -0.2) is 0 Å². The first kappa shape index (κ1) is 17.3. The fraction of sp³-hybridized carbons (Fsp3) is 0.0909. The first-order valence-electron chi connectivity index (χ1n) is 8.43. The van der Waals surface area contributed by atoms with Crippen LogP contribution in [0.5, 0.6) is 0 Å². The van der Waals surface area contributed by atoms with Gasteiger partial charge in [-0.15, -0.1) is 0 Å². The number of carbonyl (C=O) groups excluding carboxylic acids is 1. The van der Waals surface area contributed by atoms with Crippen LogP contribution in [0.1, 0.15) is 27.7 Å². The van der Waals surface area contributed by atoms with Gasteiger partial charge in [-0.1, -0.05) is 46.3 Å². The molecule has 0 bridgehead atoms. The van der Waals surface area contributed by atoms with Crippen molar-refractivity contribution in [2.45, 2.75) is 12.8 Å². The number of fused-ring (bicyclic) bond motifs is 2. The molecule has 5 heteroatoms. The second kappa shape index (κ2) is 6.90. The Kier molecular flexibility index (Phi) is 4.43. The Morgan fingerprint density at radius 1 is 1.04 bits per heavy atom. The molecule has 4 rings (SSSR count). The Hall–Kier alpha value is -3.10. The van der Waals surface area contributed by atoms with E-state index in [1.165, 1.54) is 0 Å². The van der Waals surface area contributed by atoms with Crippen molar-refractivity contribution in [3.63, 3.8) is 0 Å². The topological polar surface area (TPSA) is 66.6 Å². The molecule has 4 aromatic rings. The number of aromatic nitrogens is 2. The zero-order chi connectivity index (χ0) is 19.0. The molecule has 2 aromatic heterocycles. The maximum Gasteiger partial charge on any atom is 0.186 e. The first-order valence-corrected chi connectivity index (χ1v) is 9.22. The number of halogens is 1. The van der Waals surface area contributed by atoms with Crippen molar-refractivity contribution in [3.05, 3.63) is 82.1 Å². The van der Waals surface area contributed by atoms with E-state index >= 15 is 0 Å². The van der Waals surface area contributed by atoms with Crippen molar-refractivity contribution < 1.29 is 4.79 Å². The van der Waals surface area contributed by atoms with Crippen LogP contribution < -0.4 is 0 Å². The van der Waals surface area contributed by atoms with Gasteiger partial charge in [-0.2, -0.15) is 5.26 Å². The third-order valence-corrected chi connectivity index (χ3v) is 4.97. The summed E-state index contributed by atoms with van der Waals surface area (Å²) < 4.78 is 0.888. The van der Waals surface area contributed by atoms with Gasteiger partial charge < -0.3 is 0 Å². The summed E-state index contributed by atoms with van der Waals surface area (Å²) in [5.41, 5.74) is 3.16. The van der Waals surface area contributed by atoms with Crippen LogP contribution in [0, 0.1) is 18.3 Å². The lowest BCUT2D eigenvalue weighted by Gasteiger charge is -2.12. The minimum Gasteiger partial charge on any atom is -0.292 e. The molecule has 0 radical (unpaired) electrons. The van der Waals surface area contributed by atoms with Gasteiger partial charge in [0.05, 0.1) is 22.8 Å². The molecule has 0 aliphatic rings. The minimum absolute atomic E-state index is 0.266. The molecular weight excluding hydrogens is 402 g/mol. The number of carbonyl (C=O) groups is 1. The average molecular weight is 416 g/mol. The van der Waals surface area contributed by atoms with Crippen molar-refractivity contribution in [3.8, 4) is 6.07 Å². The summed E-state index contributed by atoms with van der Waals surface area (Å²) in [4.78, 5) is 22.3. The van der Waals surface area contributed by atoms with E-state index in [0.29, 0.717) is 11.3 Å². The normalized spacial score (nSPS) is 12.0. The van der Waals surface area contributed by atoms with Crippen LogP contribution in [0.15, 0.2) is 65.1 Å². The van der Waals surface area contributed by atoms with Crippen molar-refractivity contribution in [1.29, 1.82) is 5.26 Å². The van der Waals surface area contributed by atoms with E-state index in [0.717, 1.165) is 32.0 Å². The summed E-state index contributed by atoms with van der Waals surface area (Å²) in [6, 6.07) is 20.8. The Labute approximate surface area is 164 Å². The molecule has 2 heterocycles. The molecule has 0 saturated heterocycles. The predicted octanol–water partition coefficient (Wildman–Crippen LogP) is 5.34. The highest BCUT2D eigenvalue weighted by Crippen LogP contribution is 2.28. The lowest BCUT2D eigenvalue weighted by Crippen LogP contribution is -2.14. The Balaban J connectivity index is 1.85. The number of nitrogens with zero attached hydrogens (tertiary/aromatic N) is 3. The maximum atomic E-state index is 13.3. The number of Topliss-reactive ketones (excluding diaryl/α,β-unsaturated/α-hetero) is 1. The summed E-state index contributed by atoms with van der Waals surface area (Å²) in [5, 5.41) is 11.4. The standard InChI is InChI=1S/C22H14BrN3O/c1-13-10-17(16-8-7-15(23)11-21(16)25-13)22(27)18(12-24)20-9-6-14-4-2-3-5-19(14)26-20/h2-11,18H,1H3/t18-/m0/s1. The van der Waals surface area contributed by atoms with Gasteiger partial charge in [0.15, 0.2) is 11.7 Å². The van der Waals surface area contributed by atoms with Gasteiger partial charge in [0.25, 0.3) is 0 Å². The lowest BCUT2D eigenvalue weighted by atomic mass is 9.92. The molecule has 0 saturated carbocycles. The van der Waals surface area contributed by atoms with Crippen molar-refractivity contribution in [1.82, 2.24) is 9.97 Å². The van der Waals surface area contributed by atoms with Crippen LogP contribution in [0.25, 0.3) is 21.8 Å². The minimum atomic E-state index is -0.969. The van der Waals surface area contributed by atoms with E-state index in [1.807, 2.05) is 55.5 Å². The predicted molar refractivity (Wildman–Crippen MR) is 109 cm³/mol. The molecule has 0 spiro atoms. The quantitative estimate of drug-likeness (QED) is 0.423.